The standard InChI is InChI=1S/C16H16Br3NO/c1-10(2)20-9-11-3-5-13(8-14(11)18)21-16-6-4-12(17)7-15(16)19/h3-8,10,20H,9H2,1-2H3. The largest absolute Gasteiger partial charge is 0.456 e. The molecule has 5 heteroatoms. The van der Waals surface area contributed by atoms with Gasteiger partial charge in [-0.25, -0.2) is 0 Å². The third-order valence-corrected chi connectivity index (χ3v) is 4.70. The van der Waals surface area contributed by atoms with Crippen molar-refractivity contribution in [3.8, 4) is 11.5 Å². The van der Waals surface area contributed by atoms with E-state index in [1.807, 2.05) is 30.3 Å². The number of rotatable bonds is 5. The Balaban J connectivity index is 2.12. The summed E-state index contributed by atoms with van der Waals surface area (Å²) in [4.78, 5) is 0. The van der Waals surface area contributed by atoms with Gasteiger partial charge in [0.05, 0.1) is 4.47 Å². The number of halogens is 3. The fraction of sp³-hybridized carbons (Fsp3) is 0.250. The highest BCUT2D eigenvalue weighted by atomic mass is 79.9. The average molecular weight is 478 g/mol. The second-order valence-electron chi connectivity index (χ2n) is 4.97. The number of benzene rings is 2. The summed E-state index contributed by atoms with van der Waals surface area (Å²) >= 11 is 10.5. The molecule has 21 heavy (non-hydrogen) atoms. The Morgan fingerprint density at radius 2 is 1.76 bits per heavy atom. The van der Waals surface area contributed by atoms with Gasteiger partial charge < -0.3 is 10.1 Å². The van der Waals surface area contributed by atoms with Gasteiger partial charge in [-0.3, -0.25) is 0 Å². The van der Waals surface area contributed by atoms with E-state index in [2.05, 4.69) is 73.0 Å². The first kappa shape index (κ1) is 17.0. The first-order chi connectivity index (χ1) is 9.95. The Kier molecular flexibility index (Phi) is 6.29. The van der Waals surface area contributed by atoms with E-state index in [9.17, 15) is 0 Å². The van der Waals surface area contributed by atoms with E-state index in [4.69, 9.17) is 4.74 Å². The van der Waals surface area contributed by atoms with E-state index in [0.717, 1.165) is 31.5 Å². The highest BCUT2D eigenvalue weighted by Gasteiger charge is 2.06. The van der Waals surface area contributed by atoms with Gasteiger partial charge in [-0.15, -0.1) is 0 Å². The van der Waals surface area contributed by atoms with Crippen LogP contribution in [0.15, 0.2) is 49.8 Å². The summed E-state index contributed by atoms with van der Waals surface area (Å²) in [7, 11) is 0. The molecule has 0 fully saturated rings. The zero-order chi connectivity index (χ0) is 15.4. The molecule has 0 saturated carbocycles. The van der Waals surface area contributed by atoms with Crippen molar-refractivity contribution in [1.82, 2.24) is 5.32 Å². The molecule has 0 saturated heterocycles. The number of hydrogen-bond acceptors (Lipinski definition) is 2. The molecule has 0 aliphatic heterocycles. The summed E-state index contributed by atoms with van der Waals surface area (Å²) in [6, 6.07) is 12.4. The molecular weight excluding hydrogens is 462 g/mol. The van der Waals surface area contributed by atoms with Crippen LogP contribution in [-0.4, -0.2) is 6.04 Å². The van der Waals surface area contributed by atoms with Crippen LogP contribution < -0.4 is 10.1 Å². The van der Waals surface area contributed by atoms with Gasteiger partial charge in [0.25, 0.3) is 0 Å². The lowest BCUT2D eigenvalue weighted by atomic mass is 10.2. The van der Waals surface area contributed by atoms with Crippen LogP contribution in [-0.2, 0) is 6.54 Å². The van der Waals surface area contributed by atoms with Gasteiger partial charge in [0, 0.05) is 21.5 Å². The van der Waals surface area contributed by atoms with Crippen LogP contribution in [0.5, 0.6) is 11.5 Å². The zero-order valence-corrected chi connectivity index (χ0v) is 16.5. The van der Waals surface area contributed by atoms with E-state index in [0.29, 0.717) is 6.04 Å². The smallest absolute Gasteiger partial charge is 0.141 e. The molecule has 0 spiro atoms. The maximum Gasteiger partial charge on any atom is 0.141 e. The van der Waals surface area contributed by atoms with Gasteiger partial charge in [0.15, 0.2) is 0 Å². The minimum absolute atomic E-state index is 0.464. The summed E-state index contributed by atoms with van der Waals surface area (Å²) in [6.07, 6.45) is 0. The summed E-state index contributed by atoms with van der Waals surface area (Å²) in [6.45, 7) is 5.10. The lowest BCUT2D eigenvalue weighted by molar-refractivity contribution is 0.478. The van der Waals surface area contributed by atoms with E-state index in [-0.39, 0.29) is 0 Å². The second-order valence-corrected chi connectivity index (χ2v) is 7.59. The van der Waals surface area contributed by atoms with Crippen LogP contribution in [0, 0.1) is 0 Å². The molecule has 0 bridgehead atoms. The van der Waals surface area contributed by atoms with Crippen molar-refractivity contribution in [2.75, 3.05) is 0 Å². The van der Waals surface area contributed by atoms with E-state index in [1.54, 1.807) is 0 Å². The van der Waals surface area contributed by atoms with E-state index < -0.39 is 0 Å². The first-order valence-electron chi connectivity index (χ1n) is 6.60. The Morgan fingerprint density at radius 1 is 1.00 bits per heavy atom. The van der Waals surface area contributed by atoms with Crippen molar-refractivity contribution in [3.05, 3.63) is 55.4 Å². The molecule has 2 aromatic carbocycles. The van der Waals surface area contributed by atoms with Crippen molar-refractivity contribution < 1.29 is 4.74 Å². The van der Waals surface area contributed by atoms with Gasteiger partial charge in [0.2, 0.25) is 0 Å². The molecule has 0 heterocycles. The summed E-state index contributed by atoms with van der Waals surface area (Å²) < 4.78 is 8.88. The molecular formula is C16H16Br3NO. The van der Waals surface area contributed by atoms with Gasteiger partial charge in [-0.2, -0.15) is 0 Å². The minimum Gasteiger partial charge on any atom is -0.456 e. The number of nitrogens with one attached hydrogen (secondary N) is 1. The molecule has 0 aromatic heterocycles. The van der Waals surface area contributed by atoms with Crippen LogP contribution in [0.3, 0.4) is 0 Å². The fourth-order valence-corrected chi connectivity index (χ4v) is 3.36. The molecule has 1 N–H and O–H groups in total. The van der Waals surface area contributed by atoms with Gasteiger partial charge in [0.1, 0.15) is 11.5 Å². The molecule has 112 valence electrons. The van der Waals surface area contributed by atoms with Gasteiger partial charge in [-0.05, 0) is 51.8 Å². The highest BCUT2D eigenvalue weighted by Crippen LogP contribution is 2.33. The SMILES string of the molecule is CC(C)NCc1ccc(Oc2ccc(Br)cc2Br)cc1Br. The second kappa shape index (κ2) is 7.77. The Labute approximate surface area is 150 Å². The lowest BCUT2D eigenvalue weighted by Crippen LogP contribution is -2.21. The zero-order valence-electron chi connectivity index (χ0n) is 11.8. The molecule has 0 unspecified atom stereocenters. The topological polar surface area (TPSA) is 21.3 Å². The predicted molar refractivity (Wildman–Crippen MR) is 98.0 cm³/mol. The van der Waals surface area contributed by atoms with Crippen molar-refractivity contribution in [2.45, 2.75) is 26.4 Å². The van der Waals surface area contributed by atoms with E-state index in [1.165, 1.54) is 5.56 Å². The monoisotopic (exact) mass is 475 g/mol. The van der Waals surface area contributed by atoms with Crippen molar-refractivity contribution in [3.63, 3.8) is 0 Å². The molecule has 2 nitrogen and oxygen atoms in total. The molecule has 2 rings (SSSR count). The third-order valence-electron chi connectivity index (χ3n) is 2.85. The average Bonchev–Trinajstić information content (AvgIpc) is 2.41. The quantitative estimate of drug-likeness (QED) is 0.548. The molecule has 0 radical (unpaired) electrons. The van der Waals surface area contributed by atoms with Crippen LogP contribution in [0.1, 0.15) is 19.4 Å². The lowest BCUT2D eigenvalue weighted by Gasteiger charge is -2.12. The van der Waals surface area contributed by atoms with Crippen LogP contribution in [0.25, 0.3) is 0 Å². The fourth-order valence-electron chi connectivity index (χ4n) is 1.73. The normalized spacial score (nSPS) is 11.0. The predicted octanol–water partition coefficient (Wildman–Crippen LogP) is 6.26. The first-order valence-corrected chi connectivity index (χ1v) is 8.98. The third kappa shape index (κ3) is 5.09. The maximum atomic E-state index is 5.91. The summed E-state index contributed by atoms with van der Waals surface area (Å²) in [5.74, 6) is 1.59. The number of hydrogen-bond donors (Lipinski definition) is 1. The molecule has 2 aromatic rings. The molecule has 0 aliphatic rings. The Morgan fingerprint density at radius 3 is 2.38 bits per heavy atom. The van der Waals surface area contributed by atoms with Gasteiger partial charge in [-0.1, -0.05) is 51.8 Å². The summed E-state index contributed by atoms with van der Waals surface area (Å²) in [5.41, 5.74) is 1.21. The molecule has 0 aliphatic carbocycles. The minimum atomic E-state index is 0.464. The van der Waals surface area contributed by atoms with Crippen LogP contribution >= 0.6 is 47.8 Å². The number of ether oxygens (including phenoxy) is 1. The Bertz CT molecular complexity index is 629. The van der Waals surface area contributed by atoms with E-state index >= 15 is 0 Å². The maximum absolute atomic E-state index is 5.91. The summed E-state index contributed by atoms with van der Waals surface area (Å²) in [5, 5.41) is 3.40. The van der Waals surface area contributed by atoms with Crippen molar-refractivity contribution >= 4 is 47.8 Å². The van der Waals surface area contributed by atoms with Gasteiger partial charge >= 0.3 is 0 Å². The Hall–Kier alpha value is -0.360. The van der Waals surface area contributed by atoms with Crippen LogP contribution in [0.4, 0.5) is 0 Å². The van der Waals surface area contributed by atoms with Crippen molar-refractivity contribution in [2.24, 2.45) is 0 Å². The highest BCUT2D eigenvalue weighted by molar-refractivity contribution is 9.11. The van der Waals surface area contributed by atoms with Crippen molar-refractivity contribution in [1.29, 1.82) is 0 Å². The van der Waals surface area contributed by atoms with Crippen LogP contribution in [0.2, 0.25) is 0 Å². The molecule has 0 amide bonds. The molecule has 0 atom stereocenters.